The number of hydrogen-bond donors (Lipinski definition) is 3. The average Bonchev–Trinajstić information content (AvgIpc) is 2.68. The molecule has 0 atom stereocenters. The Balaban J connectivity index is 1.93. The molecule has 138 valence electrons. The van der Waals surface area contributed by atoms with Crippen LogP contribution < -0.4 is 25.8 Å². The number of primary amides is 1. The molecule has 0 aliphatic heterocycles. The summed E-state index contributed by atoms with van der Waals surface area (Å²) in [5.41, 5.74) is 7.06. The fraction of sp³-hybridized carbons (Fsp3) is 0.105. The quantitative estimate of drug-likeness (QED) is 0.590. The molecular weight excluding hydrogens is 346 g/mol. The molecule has 2 aromatic carbocycles. The molecule has 3 aromatic rings. The Bertz CT molecular complexity index is 925. The lowest BCUT2D eigenvalue weighted by Gasteiger charge is -2.12. The topological polar surface area (TPSA) is 111 Å². The van der Waals surface area contributed by atoms with Crippen LogP contribution in [0.4, 0.5) is 23.1 Å². The summed E-state index contributed by atoms with van der Waals surface area (Å²) in [6, 6.07) is 14.6. The van der Waals surface area contributed by atoms with E-state index in [1.807, 2.05) is 30.3 Å². The molecule has 0 aliphatic rings. The predicted octanol–water partition coefficient (Wildman–Crippen LogP) is 3.08. The van der Waals surface area contributed by atoms with Crippen LogP contribution in [-0.2, 0) is 0 Å². The highest BCUT2D eigenvalue weighted by molar-refractivity contribution is 5.98. The molecule has 8 heteroatoms. The Morgan fingerprint density at radius 3 is 2.22 bits per heavy atom. The third-order valence-electron chi connectivity index (χ3n) is 3.70. The number of para-hydroxylation sites is 1. The number of nitrogens with zero attached hydrogens (tertiary/aromatic N) is 2. The smallest absolute Gasteiger partial charge is 0.254 e. The zero-order valence-electron chi connectivity index (χ0n) is 14.9. The third kappa shape index (κ3) is 4.43. The maximum atomic E-state index is 11.7. The standard InChI is InChI=1S/C19H19N5O3/c1-26-14-8-13(9-15(10-14)27-2)23-19-21-11-16(17(20)25)18(24-19)22-12-6-4-3-5-7-12/h3-11H,1-2H3,(H2,20,25)(H2,21,22,23,24). The van der Waals surface area contributed by atoms with E-state index >= 15 is 0 Å². The van der Waals surface area contributed by atoms with Gasteiger partial charge in [-0.2, -0.15) is 4.98 Å². The molecule has 1 heterocycles. The number of methoxy groups -OCH3 is 2. The Labute approximate surface area is 156 Å². The molecule has 0 radical (unpaired) electrons. The van der Waals surface area contributed by atoms with Crippen molar-refractivity contribution < 1.29 is 14.3 Å². The molecule has 3 rings (SSSR count). The van der Waals surface area contributed by atoms with Gasteiger partial charge in [0.05, 0.1) is 14.2 Å². The lowest BCUT2D eigenvalue weighted by Crippen LogP contribution is -2.15. The molecule has 0 saturated heterocycles. The van der Waals surface area contributed by atoms with Crippen molar-refractivity contribution in [3.05, 3.63) is 60.3 Å². The largest absolute Gasteiger partial charge is 0.497 e. The van der Waals surface area contributed by atoms with E-state index in [1.165, 1.54) is 6.20 Å². The molecule has 0 fully saturated rings. The molecule has 0 saturated carbocycles. The van der Waals surface area contributed by atoms with Crippen molar-refractivity contribution in [1.29, 1.82) is 0 Å². The predicted molar refractivity (Wildman–Crippen MR) is 103 cm³/mol. The molecule has 0 aliphatic carbocycles. The molecule has 0 spiro atoms. The van der Waals surface area contributed by atoms with Crippen molar-refractivity contribution in [2.75, 3.05) is 24.9 Å². The summed E-state index contributed by atoms with van der Waals surface area (Å²) in [6.07, 6.45) is 1.38. The van der Waals surface area contributed by atoms with Gasteiger partial charge in [-0.25, -0.2) is 4.98 Å². The number of ether oxygens (including phenoxy) is 2. The van der Waals surface area contributed by atoms with Crippen LogP contribution in [0.1, 0.15) is 10.4 Å². The van der Waals surface area contributed by atoms with E-state index in [-0.39, 0.29) is 11.5 Å². The van der Waals surface area contributed by atoms with Crippen LogP contribution in [0.3, 0.4) is 0 Å². The molecule has 27 heavy (non-hydrogen) atoms. The Morgan fingerprint density at radius 2 is 1.63 bits per heavy atom. The van der Waals surface area contributed by atoms with Crippen LogP contribution in [0.15, 0.2) is 54.7 Å². The Kier molecular flexibility index (Phi) is 5.36. The molecule has 8 nitrogen and oxygen atoms in total. The lowest BCUT2D eigenvalue weighted by atomic mass is 10.2. The minimum Gasteiger partial charge on any atom is -0.497 e. The van der Waals surface area contributed by atoms with Crippen LogP contribution >= 0.6 is 0 Å². The van der Waals surface area contributed by atoms with E-state index in [9.17, 15) is 4.79 Å². The molecule has 1 amide bonds. The van der Waals surface area contributed by atoms with Crippen molar-refractivity contribution in [2.24, 2.45) is 5.73 Å². The fourth-order valence-electron chi connectivity index (χ4n) is 2.38. The van der Waals surface area contributed by atoms with E-state index in [0.717, 1.165) is 5.69 Å². The second-order valence-corrected chi connectivity index (χ2v) is 5.54. The lowest BCUT2D eigenvalue weighted by molar-refractivity contribution is 0.100. The maximum Gasteiger partial charge on any atom is 0.254 e. The Hall–Kier alpha value is -3.81. The summed E-state index contributed by atoms with van der Waals surface area (Å²) in [4.78, 5) is 20.2. The average molecular weight is 365 g/mol. The van der Waals surface area contributed by atoms with Gasteiger partial charge in [0.1, 0.15) is 22.9 Å². The molecule has 4 N–H and O–H groups in total. The summed E-state index contributed by atoms with van der Waals surface area (Å²) in [7, 11) is 3.14. The van der Waals surface area contributed by atoms with Crippen molar-refractivity contribution in [2.45, 2.75) is 0 Å². The van der Waals surface area contributed by atoms with Crippen molar-refractivity contribution in [3.8, 4) is 11.5 Å². The molecule has 0 bridgehead atoms. The summed E-state index contributed by atoms with van der Waals surface area (Å²) < 4.78 is 10.5. The molecule has 1 aromatic heterocycles. The van der Waals surface area contributed by atoms with E-state index in [4.69, 9.17) is 15.2 Å². The van der Waals surface area contributed by atoms with E-state index in [0.29, 0.717) is 23.0 Å². The first kappa shape index (κ1) is 18.0. The number of carbonyl (C=O) groups excluding carboxylic acids is 1. The SMILES string of the molecule is COc1cc(Nc2ncc(C(N)=O)c(Nc3ccccc3)n2)cc(OC)c1. The van der Waals surface area contributed by atoms with Crippen molar-refractivity contribution in [1.82, 2.24) is 9.97 Å². The van der Waals surface area contributed by atoms with Gasteiger partial charge >= 0.3 is 0 Å². The highest BCUT2D eigenvalue weighted by Gasteiger charge is 2.13. The van der Waals surface area contributed by atoms with Crippen LogP contribution in [0, 0.1) is 0 Å². The highest BCUT2D eigenvalue weighted by Crippen LogP contribution is 2.28. The number of benzene rings is 2. The Morgan fingerprint density at radius 1 is 0.963 bits per heavy atom. The summed E-state index contributed by atoms with van der Waals surface area (Å²) in [6.45, 7) is 0. The van der Waals surface area contributed by atoms with E-state index in [2.05, 4.69) is 20.6 Å². The number of carbonyl (C=O) groups is 1. The van der Waals surface area contributed by atoms with Crippen LogP contribution in [0.25, 0.3) is 0 Å². The number of rotatable bonds is 7. The van der Waals surface area contributed by atoms with E-state index < -0.39 is 5.91 Å². The first-order chi connectivity index (χ1) is 13.1. The zero-order chi connectivity index (χ0) is 19.2. The second-order valence-electron chi connectivity index (χ2n) is 5.54. The van der Waals surface area contributed by atoms with Gasteiger partial charge in [-0.15, -0.1) is 0 Å². The molecular formula is C19H19N5O3. The number of aromatic nitrogens is 2. The number of hydrogen-bond acceptors (Lipinski definition) is 7. The van der Waals surface area contributed by atoms with Gasteiger partial charge in [-0.05, 0) is 12.1 Å². The molecule has 0 unspecified atom stereocenters. The van der Waals surface area contributed by atoms with Gasteiger partial charge in [0.25, 0.3) is 5.91 Å². The van der Waals surface area contributed by atoms with Gasteiger partial charge < -0.3 is 25.8 Å². The van der Waals surface area contributed by atoms with Crippen LogP contribution in [0.5, 0.6) is 11.5 Å². The third-order valence-corrected chi connectivity index (χ3v) is 3.70. The first-order valence-corrected chi connectivity index (χ1v) is 8.08. The zero-order valence-corrected chi connectivity index (χ0v) is 14.9. The number of nitrogens with one attached hydrogen (secondary N) is 2. The second kappa shape index (κ2) is 8.05. The van der Waals surface area contributed by atoms with Gasteiger partial charge in [0.15, 0.2) is 0 Å². The summed E-state index contributed by atoms with van der Waals surface area (Å²) in [5.74, 6) is 1.21. The van der Waals surface area contributed by atoms with Gasteiger partial charge in [-0.1, -0.05) is 18.2 Å². The minimum atomic E-state index is -0.622. The first-order valence-electron chi connectivity index (χ1n) is 8.08. The number of amides is 1. The summed E-state index contributed by atoms with van der Waals surface area (Å²) >= 11 is 0. The maximum absolute atomic E-state index is 11.7. The monoisotopic (exact) mass is 365 g/mol. The van der Waals surface area contributed by atoms with Gasteiger partial charge in [-0.3, -0.25) is 4.79 Å². The van der Waals surface area contributed by atoms with E-state index in [1.54, 1.807) is 32.4 Å². The van der Waals surface area contributed by atoms with Crippen LogP contribution in [-0.4, -0.2) is 30.1 Å². The van der Waals surface area contributed by atoms with Crippen molar-refractivity contribution >= 4 is 29.0 Å². The highest BCUT2D eigenvalue weighted by atomic mass is 16.5. The normalized spacial score (nSPS) is 10.1. The number of nitrogens with two attached hydrogens (primary N) is 1. The van der Waals surface area contributed by atoms with Gasteiger partial charge in [0, 0.05) is 35.8 Å². The van der Waals surface area contributed by atoms with Crippen molar-refractivity contribution in [3.63, 3.8) is 0 Å². The number of anilines is 4. The van der Waals surface area contributed by atoms with Crippen LogP contribution in [0.2, 0.25) is 0 Å². The van der Waals surface area contributed by atoms with Gasteiger partial charge in [0.2, 0.25) is 5.95 Å². The minimum absolute atomic E-state index is 0.188. The fourth-order valence-corrected chi connectivity index (χ4v) is 2.38. The summed E-state index contributed by atoms with van der Waals surface area (Å²) in [5, 5.41) is 6.16.